The van der Waals surface area contributed by atoms with Gasteiger partial charge in [-0.2, -0.15) is 0 Å². The van der Waals surface area contributed by atoms with Crippen LogP contribution < -0.4 is 0 Å². The van der Waals surface area contributed by atoms with Crippen molar-refractivity contribution in [3.8, 4) is 0 Å². The number of hydrogen-bond donors (Lipinski definition) is 1. The van der Waals surface area contributed by atoms with Gasteiger partial charge in [-0.15, -0.1) is 0 Å². The highest BCUT2D eigenvalue weighted by Crippen LogP contribution is 1.84. The Balaban J connectivity index is 0.000000223. The standard InChI is InChI=1S/C6H6.C3H5NO2S/c1-2-4-6-5-3-1;1-2(4-7)3(5)6/h1-6H;2H,1H3,(H,5,6). The Morgan fingerprint density at radius 3 is 1.62 bits per heavy atom. The zero-order valence-corrected chi connectivity index (χ0v) is 8.07. The molecule has 1 N–H and O–H groups in total. The number of carboxylic acid groups (broad SMARTS) is 1. The number of nitrogens with zero attached hydrogens (tertiary/aromatic N) is 1. The van der Waals surface area contributed by atoms with E-state index in [-0.39, 0.29) is 0 Å². The molecule has 13 heavy (non-hydrogen) atoms. The van der Waals surface area contributed by atoms with Crippen LogP contribution in [0.25, 0.3) is 0 Å². The molecule has 0 aromatic heterocycles. The lowest BCUT2D eigenvalue weighted by Gasteiger charge is -1.90. The summed E-state index contributed by atoms with van der Waals surface area (Å²) in [6.07, 6.45) is 0. The van der Waals surface area contributed by atoms with Crippen molar-refractivity contribution in [3.63, 3.8) is 0 Å². The largest absolute Gasteiger partial charge is 0.480 e. The fourth-order valence-electron chi connectivity index (χ4n) is 0.430. The molecule has 1 rings (SSSR count). The van der Waals surface area contributed by atoms with E-state index in [1.165, 1.54) is 6.92 Å². The molecule has 1 atom stereocenters. The van der Waals surface area contributed by atoms with Gasteiger partial charge in [-0.05, 0) is 6.92 Å². The van der Waals surface area contributed by atoms with Gasteiger partial charge >= 0.3 is 5.97 Å². The predicted octanol–water partition coefficient (Wildman–Crippen LogP) is 1.88. The highest BCUT2D eigenvalue weighted by molar-refractivity contribution is 7.47. The Bertz CT molecular complexity index is 224. The van der Waals surface area contributed by atoms with E-state index in [4.69, 9.17) is 5.11 Å². The fraction of sp³-hybridized carbons (Fsp3) is 0.222. The van der Waals surface area contributed by atoms with Crippen LogP contribution >= 0.6 is 0 Å². The molecule has 0 saturated carbocycles. The van der Waals surface area contributed by atoms with E-state index in [9.17, 15) is 4.79 Å². The molecule has 1 unspecified atom stereocenters. The molecule has 4 heteroatoms. The number of rotatable bonds is 2. The Hall–Kier alpha value is -1.29. The SMILES string of the molecule is CC(N=S)C(=O)O.c1ccccc1. The lowest BCUT2D eigenvalue weighted by molar-refractivity contribution is -0.137. The van der Waals surface area contributed by atoms with Gasteiger partial charge < -0.3 is 5.11 Å². The van der Waals surface area contributed by atoms with Crippen LogP contribution in [0.15, 0.2) is 40.8 Å². The minimum absolute atomic E-state index is 0.741. The van der Waals surface area contributed by atoms with E-state index in [0.717, 1.165) is 0 Å². The summed E-state index contributed by atoms with van der Waals surface area (Å²) in [6, 6.07) is 11.3. The second kappa shape index (κ2) is 7.36. The molecule has 70 valence electrons. The smallest absolute Gasteiger partial charge is 0.329 e. The van der Waals surface area contributed by atoms with Gasteiger partial charge in [0.05, 0.1) is 0 Å². The molecule has 0 fully saturated rings. The zero-order valence-electron chi connectivity index (χ0n) is 7.25. The summed E-state index contributed by atoms with van der Waals surface area (Å²) in [5.74, 6) is -0.977. The first-order valence-corrected chi connectivity index (χ1v) is 4.10. The number of benzene rings is 1. The third-order valence-corrected chi connectivity index (χ3v) is 1.50. The Kier molecular flexibility index (Phi) is 6.63. The molecule has 1 aromatic carbocycles. The first kappa shape index (κ1) is 11.7. The first-order chi connectivity index (χ1) is 6.18. The van der Waals surface area contributed by atoms with Gasteiger partial charge in [0, 0.05) is 12.4 Å². The van der Waals surface area contributed by atoms with Crippen molar-refractivity contribution >= 4 is 18.4 Å². The Morgan fingerprint density at radius 1 is 1.23 bits per heavy atom. The van der Waals surface area contributed by atoms with Crippen LogP contribution in [0.5, 0.6) is 0 Å². The van der Waals surface area contributed by atoms with Crippen molar-refractivity contribution in [3.05, 3.63) is 36.4 Å². The summed E-state index contributed by atoms with van der Waals surface area (Å²) < 4.78 is 3.07. The molecule has 0 aliphatic rings. The number of hydrogen-bond acceptors (Lipinski definition) is 3. The van der Waals surface area contributed by atoms with Crippen molar-refractivity contribution in [2.24, 2.45) is 4.36 Å². The van der Waals surface area contributed by atoms with Gasteiger partial charge in [-0.3, -0.25) is 0 Å². The van der Waals surface area contributed by atoms with Crippen molar-refractivity contribution < 1.29 is 9.90 Å². The first-order valence-electron chi connectivity index (χ1n) is 3.73. The van der Waals surface area contributed by atoms with Gasteiger partial charge in [0.25, 0.3) is 0 Å². The average Bonchev–Trinajstić information content (AvgIpc) is 2.20. The minimum atomic E-state index is -0.977. The van der Waals surface area contributed by atoms with Crippen LogP contribution in [0.1, 0.15) is 6.92 Å². The van der Waals surface area contributed by atoms with Gasteiger partial charge in [-0.25, -0.2) is 9.16 Å². The summed E-state index contributed by atoms with van der Waals surface area (Å²) in [5, 5.41) is 8.02. The molecule has 0 aliphatic carbocycles. The molecule has 0 amide bonds. The molecule has 0 bridgehead atoms. The zero-order chi connectivity index (χ0) is 10.1. The number of carbonyl (C=O) groups is 1. The number of carboxylic acids is 1. The van der Waals surface area contributed by atoms with Crippen molar-refractivity contribution in [1.29, 1.82) is 0 Å². The summed E-state index contributed by atoms with van der Waals surface area (Å²) in [4.78, 5) is 9.77. The molecule has 0 spiro atoms. The lowest BCUT2D eigenvalue weighted by Crippen LogP contribution is -2.11. The molecule has 0 radical (unpaired) electrons. The molecule has 1 aromatic rings. The van der Waals surface area contributed by atoms with Gasteiger partial charge in [0.15, 0.2) is 6.04 Å². The van der Waals surface area contributed by atoms with Crippen LogP contribution in [0.2, 0.25) is 0 Å². The maximum Gasteiger partial charge on any atom is 0.329 e. The topological polar surface area (TPSA) is 49.7 Å². The van der Waals surface area contributed by atoms with E-state index in [0.29, 0.717) is 0 Å². The van der Waals surface area contributed by atoms with Crippen LogP contribution in [0.3, 0.4) is 0 Å². The highest BCUT2D eigenvalue weighted by Gasteiger charge is 2.05. The predicted molar refractivity (Wildman–Crippen MR) is 53.3 cm³/mol. The monoisotopic (exact) mass is 197 g/mol. The summed E-state index contributed by atoms with van der Waals surface area (Å²) >= 11 is 4.10. The van der Waals surface area contributed by atoms with Gasteiger partial charge in [0.2, 0.25) is 0 Å². The highest BCUT2D eigenvalue weighted by atomic mass is 32.1. The molecule has 3 nitrogen and oxygen atoms in total. The van der Waals surface area contributed by atoms with Crippen LogP contribution in [0.4, 0.5) is 0 Å². The molecule has 0 aliphatic heterocycles. The van der Waals surface area contributed by atoms with E-state index < -0.39 is 12.0 Å². The molecular formula is C9H11NO2S. The fourth-order valence-corrected chi connectivity index (χ4v) is 0.520. The van der Waals surface area contributed by atoms with E-state index in [1.807, 2.05) is 36.4 Å². The quantitative estimate of drug-likeness (QED) is 0.787. The summed E-state index contributed by atoms with van der Waals surface area (Å²) in [6.45, 7) is 1.43. The van der Waals surface area contributed by atoms with Crippen molar-refractivity contribution in [1.82, 2.24) is 0 Å². The normalized spacial score (nSPS) is 10.5. The molecule has 0 saturated heterocycles. The average molecular weight is 197 g/mol. The molecular weight excluding hydrogens is 186 g/mol. The van der Waals surface area contributed by atoms with Crippen LogP contribution in [-0.2, 0) is 17.2 Å². The Labute approximate surface area is 82.6 Å². The van der Waals surface area contributed by atoms with Crippen LogP contribution in [0, 0.1) is 0 Å². The lowest BCUT2D eigenvalue weighted by atomic mass is 10.4. The van der Waals surface area contributed by atoms with Crippen molar-refractivity contribution in [2.75, 3.05) is 0 Å². The minimum Gasteiger partial charge on any atom is -0.480 e. The Morgan fingerprint density at radius 2 is 1.54 bits per heavy atom. The van der Waals surface area contributed by atoms with Gasteiger partial charge in [0.1, 0.15) is 0 Å². The number of aliphatic carboxylic acids is 1. The third-order valence-electron chi connectivity index (χ3n) is 1.18. The second-order valence-electron chi connectivity index (χ2n) is 2.27. The van der Waals surface area contributed by atoms with Gasteiger partial charge in [-0.1, -0.05) is 36.4 Å². The summed E-state index contributed by atoms with van der Waals surface area (Å²) in [7, 11) is 0. The molecule has 0 heterocycles. The second-order valence-corrected chi connectivity index (χ2v) is 2.49. The van der Waals surface area contributed by atoms with Crippen molar-refractivity contribution in [2.45, 2.75) is 13.0 Å². The van der Waals surface area contributed by atoms with E-state index in [1.54, 1.807) is 0 Å². The summed E-state index contributed by atoms with van der Waals surface area (Å²) in [5.41, 5.74) is 0. The van der Waals surface area contributed by atoms with Crippen LogP contribution in [-0.4, -0.2) is 17.1 Å². The maximum atomic E-state index is 9.77. The van der Waals surface area contributed by atoms with E-state index >= 15 is 0 Å². The van der Waals surface area contributed by atoms with E-state index in [2.05, 4.69) is 16.8 Å². The third kappa shape index (κ3) is 7.08. The maximum absolute atomic E-state index is 9.77.